The number of methoxy groups -OCH3 is 2. The van der Waals surface area contributed by atoms with E-state index in [2.05, 4.69) is 27.9 Å². The highest BCUT2D eigenvalue weighted by Crippen LogP contribution is 2.33. The van der Waals surface area contributed by atoms with Gasteiger partial charge in [0.1, 0.15) is 10.8 Å². The normalized spacial score (nSPS) is 17.3. The maximum atomic E-state index is 15.0. The largest absolute Gasteiger partial charge is 0.379 e. The molecule has 5 rings (SSSR count). The lowest BCUT2D eigenvalue weighted by molar-refractivity contribution is -0.149. The van der Waals surface area contributed by atoms with Crippen LogP contribution in [0.5, 0.6) is 0 Å². The molecule has 0 unspecified atom stereocenters. The Balaban J connectivity index is 1.18. The minimum absolute atomic E-state index is 0.00361. The second kappa shape index (κ2) is 39.3. The first kappa shape index (κ1) is 78.7. The van der Waals surface area contributed by atoms with Gasteiger partial charge < -0.3 is 41.0 Å². The van der Waals surface area contributed by atoms with E-state index < -0.39 is 60.0 Å². The third-order valence-corrected chi connectivity index (χ3v) is 20.1. The van der Waals surface area contributed by atoms with Crippen LogP contribution in [0, 0.1) is 41.4 Å². The Morgan fingerprint density at radius 1 is 0.747 bits per heavy atom. The van der Waals surface area contributed by atoms with Crippen molar-refractivity contribution in [2.45, 2.75) is 201 Å². The Bertz CT molecular complexity index is 3000. The molecule has 3 heterocycles. The quantitative estimate of drug-likeness (QED) is 0.0305. The highest BCUT2D eigenvalue weighted by Gasteiger charge is 2.44. The van der Waals surface area contributed by atoms with Crippen LogP contribution < -0.4 is 21.7 Å². The first-order valence-electron chi connectivity index (χ1n) is 34.3. The number of likely N-dealkylation sites (N-methyl/N-ethyl adjacent to an activating group) is 2. The van der Waals surface area contributed by atoms with Crippen LogP contribution in [0.25, 0.3) is 0 Å². The summed E-state index contributed by atoms with van der Waals surface area (Å²) in [4.78, 5) is 146. The lowest BCUT2D eigenvalue weighted by atomic mass is 9.83. The number of carbonyl (C=O) groups is 10. The molecule has 0 radical (unpaired) electrons. The number of unbranched alkanes of at least 4 members (excludes halogenated alkanes) is 2. The van der Waals surface area contributed by atoms with Crippen molar-refractivity contribution >= 4 is 70.2 Å². The van der Waals surface area contributed by atoms with Crippen LogP contribution in [0.2, 0.25) is 0 Å². The highest BCUT2D eigenvalue weighted by molar-refractivity contribution is 7.09. The third kappa shape index (κ3) is 23.7. The third-order valence-electron chi connectivity index (χ3n) is 19.2. The van der Waals surface area contributed by atoms with E-state index in [0.29, 0.717) is 64.5 Å². The molecule has 524 valence electrons. The number of urea groups is 1. The van der Waals surface area contributed by atoms with Gasteiger partial charge >= 0.3 is 6.03 Å². The first-order chi connectivity index (χ1) is 45.2. The SMILES string of the molecule is CC[C@H](C)[C@@H]([C@@H](CC(=O)N1CCC[C@H]1[C@H](OC)[C@@H](C)C(=O)N[C@@H](Cc1ccccc1)c1nccs1)OC)N(C)C(=O)[C@@H](CC(=O)[C@H](C(C)C)N(C)CCc1ccc(CC(=O)[C@H](CCCNC(N)=O)NC(=O)[C@@H](CC(=O)CCCCCN2C(=O)C=CC2=O)C(C)C)cc1)C(C)C. The number of Topliss-reactive ketones (excluding diaryl/α,β-unsaturated/α-hetero) is 3. The van der Waals surface area contributed by atoms with Gasteiger partial charge in [0.25, 0.3) is 11.8 Å². The van der Waals surface area contributed by atoms with Crippen molar-refractivity contribution in [1.29, 1.82) is 0 Å². The van der Waals surface area contributed by atoms with E-state index in [9.17, 15) is 47.9 Å². The van der Waals surface area contributed by atoms with Gasteiger partial charge in [0, 0.05) is 109 Å². The molecule has 22 heteroatoms. The van der Waals surface area contributed by atoms with E-state index in [1.807, 2.05) is 132 Å². The monoisotopic (exact) mass is 1340 g/mol. The summed E-state index contributed by atoms with van der Waals surface area (Å²) in [5.41, 5.74) is 8.08. The van der Waals surface area contributed by atoms with Gasteiger partial charge in [0.05, 0.1) is 54.8 Å². The van der Waals surface area contributed by atoms with Crippen LogP contribution in [0.15, 0.2) is 78.3 Å². The number of nitrogens with zero attached hydrogens (tertiary/aromatic N) is 5. The molecule has 2 aromatic carbocycles. The molecular weight excluding hydrogens is 1230 g/mol. The predicted molar refractivity (Wildman–Crippen MR) is 368 cm³/mol. The van der Waals surface area contributed by atoms with E-state index in [1.165, 1.54) is 28.4 Å². The molecule has 0 saturated carbocycles. The maximum absolute atomic E-state index is 15.0. The summed E-state index contributed by atoms with van der Waals surface area (Å²) in [6.45, 7) is 19.1. The molecule has 0 aliphatic carbocycles. The summed E-state index contributed by atoms with van der Waals surface area (Å²) in [5.74, 6) is -4.49. The number of ketones is 3. The van der Waals surface area contributed by atoms with Crippen LogP contribution in [-0.2, 0) is 71.9 Å². The van der Waals surface area contributed by atoms with E-state index in [-0.39, 0.29) is 134 Å². The van der Waals surface area contributed by atoms with Crippen molar-refractivity contribution in [2.24, 2.45) is 47.2 Å². The van der Waals surface area contributed by atoms with Crippen LogP contribution in [0.1, 0.15) is 167 Å². The molecule has 5 N–H and O–H groups in total. The van der Waals surface area contributed by atoms with Gasteiger partial charge in [0.15, 0.2) is 11.6 Å². The molecule has 0 spiro atoms. The molecule has 1 fully saturated rings. The molecule has 21 nitrogen and oxygen atoms in total. The van der Waals surface area contributed by atoms with Gasteiger partial charge in [0.2, 0.25) is 23.6 Å². The molecule has 2 aliphatic heterocycles. The van der Waals surface area contributed by atoms with Crippen LogP contribution in [-0.4, -0.2) is 174 Å². The number of benzene rings is 2. The van der Waals surface area contributed by atoms with Gasteiger partial charge in [-0.15, -0.1) is 11.3 Å². The Labute approximate surface area is 568 Å². The van der Waals surface area contributed by atoms with Gasteiger partial charge in [-0.25, -0.2) is 9.78 Å². The number of imide groups is 1. The number of nitrogens with two attached hydrogens (primary N) is 1. The van der Waals surface area contributed by atoms with Gasteiger partial charge in [-0.3, -0.25) is 53.0 Å². The Kier molecular flexibility index (Phi) is 32.5. The fraction of sp³-hybridized carbons (Fsp3) is 0.630. The number of likely N-dealkylation sites (tertiary alicyclic amines) is 1. The molecular formula is C73H109N9O12S. The van der Waals surface area contributed by atoms with E-state index in [0.717, 1.165) is 28.1 Å². The fourth-order valence-corrected chi connectivity index (χ4v) is 14.2. The van der Waals surface area contributed by atoms with E-state index in [1.54, 1.807) is 32.4 Å². The van der Waals surface area contributed by atoms with E-state index in [4.69, 9.17) is 15.2 Å². The van der Waals surface area contributed by atoms with Crippen molar-refractivity contribution in [2.75, 3.05) is 54.5 Å². The van der Waals surface area contributed by atoms with Crippen molar-refractivity contribution in [3.05, 3.63) is 100 Å². The van der Waals surface area contributed by atoms with Crippen LogP contribution in [0.4, 0.5) is 4.79 Å². The summed E-state index contributed by atoms with van der Waals surface area (Å²) in [5, 5.41) is 11.4. The number of nitrogens with one attached hydrogen (secondary N) is 3. The minimum atomic E-state index is -0.897. The summed E-state index contributed by atoms with van der Waals surface area (Å²) in [6.07, 6.45) is 8.78. The molecule has 1 saturated heterocycles. The predicted octanol–water partition coefficient (Wildman–Crippen LogP) is 8.66. The zero-order chi connectivity index (χ0) is 70.1. The molecule has 95 heavy (non-hydrogen) atoms. The standard InChI is InChI=1S/C73H109N9O12S/c1-14-49(8)67(62(93-12)45-65(88)81-38-22-27-59(81)68(94-13)50(9)69(89)78-58(71-75-36-40-95-71)41-52-23-17-15-18-24-52)80(11)72(91)56(47(4)5)44-61(85)66(48(6)7)79(10)39-34-51-28-30-53(31-29-51)42-60(84)57(26-21-35-76-73(74)92)77-70(90)55(46(2)3)43-54(83)25-19-16-20-37-82-63(86)32-33-64(82)87/h15,17-18,23-24,28-33,36,40,46-50,55-59,62,66-68H,14,16,19-22,25-27,34-35,37-39,41-45H2,1-13H3,(H,77,90)(H,78,89)(H3,74,76,92)/t49-,50+,55-,56-,57-,58-,59-,62+,66-,67-,68+/m0/s1. The van der Waals surface area contributed by atoms with Crippen molar-refractivity contribution in [3.8, 4) is 0 Å². The summed E-state index contributed by atoms with van der Waals surface area (Å²) < 4.78 is 12.3. The summed E-state index contributed by atoms with van der Waals surface area (Å²) in [7, 11) is 6.84. The topological polar surface area (TPSA) is 277 Å². The number of carbonyl (C=O) groups excluding carboxylic acids is 10. The number of hydrogen-bond acceptors (Lipinski definition) is 15. The first-order valence-corrected chi connectivity index (χ1v) is 35.2. The summed E-state index contributed by atoms with van der Waals surface area (Å²) in [6, 6.07) is 14.3. The van der Waals surface area contributed by atoms with Gasteiger partial charge in [-0.2, -0.15) is 0 Å². The van der Waals surface area contributed by atoms with Gasteiger partial charge in [-0.1, -0.05) is 130 Å². The molecule has 8 amide bonds. The lowest BCUT2D eigenvalue weighted by Gasteiger charge is -2.41. The smallest absolute Gasteiger partial charge is 0.312 e. The number of hydrogen-bond donors (Lipinski definition) is 4. The molecule has 0 bridgehead atoms. The Hall–Kier alpha value is -7.01. The van der Waals surface area contributed by atoms with Crippen molar-refractivity contribution < 1.29 is 57.4 Å². The second-order valence-corrected chi connectivity index (χ2v) is 28.1. The minimum Gasteiger partial charge on any atom is -0.379 e. The highest BCUT2D eigenvalue weighted by atomic mass is 32.1. The zero-order valence-corrected chi connectivity index (χ0v) is 59.5. The van der Waals surface area contributed by atoms with Crippen molar-refractivity contribution in [3.63, 3.8) is 0 Å². The molecule has 1 aromatic heterocycles. The molecule has 3 aromatic rings. The number of amides is 8. The molecule has 11 atom stereocenters. The fourth-order valence-electron chi connectivity index (χ4n) is 13.5. The number of rotatable bonds is 43. The second-order valence-electron chi connectivity index (χ2n) is 27.2. The average molecular weight is 1340 g/mol. The number of thiazole rings is 1. The average Bonchev–Trinajstić information content (AvgIpc) is 1.81. The molecule has 2 aliphatic rings. The summed E-state index contributed by atoms with van der Waals surface area (Å²) >= 11 is 1.49. The van der Waals surface area contributed by atoms with Crippen LogP contribution >= 0.6 is 11.3 Å². The maximum Gasteiger partial charge on any atom is 0.312 e. The Morgan fingerprint density at radius 2 is 1.41 bits per heavy atom. The zero-order valence-electron chi connectivity index (χ0n) is 58.6. The van der Waals surface area contributed by atoms with Gasteiger partial charge in [-0.05, 0) is 98.8 Å². The number of primary amides is 1. The lowest BCUT2D eigenvalue weighted by Crippen LogP contribution is -2.54. The number of ether oxygens (including phenoxy) is 2. The Morgan fingerprint density at radius 3 is 2.00 bits per heavy atom. The number of aromatic nitrogens is 1. The van der Waals surface area contributed by atoms with Crippen molar-refractivity contribution in [1.82, 2.24) is 40.5 Å². The van der Waals surface area contributed by atoms with Crippen LogP contribution in [0.3, 0.4) is 0 Å². The van der Waals surface area contributed by atoms with E-state index >= 15 is 0 Å².